The largest absolute Gasteiger partial charge is 0.305 e. The normalized spacial score (nSPS) is 11.7. The van der Waals surface area contributed by atoms with Crippen LogP contribution in [0.1, 0.15) is 16.7 Å². The van der Waals surface area contributed by atoms with Crippen LogP contribution in [0.4, 0.5) is 5.13 Å². The van der Waals surface area contributed by atoms with Gasteiger partial charge in [-0.05, 0) is 44.0 Å². The maximum absolute atomic E-state index is 12.7. The van der Waals surface area contributed by atoms with Gasteiger partial charge in [0.05, 0.1) is 16.7 Å². The fourth-order valence-electron chi connectivity index (χ4n) is 3.82. The van der Waals surface area contributed by atoms with Crippen molar-refractivity contribution in [1.29, 1.82) is 0 Å². The number of nitrogens with zero attached hydrogens (tertiary/aromatic N) is 3. The third kappa shape index (κ3) is 4.24. The molecule has 7 nitrogen and oxygen atoms in total. The number of hydrogen-bond donors (Lipinski definition) is 1. The van der Waals surface area contributed by atoms with Crippen molar-refractivity contribution in [2.24, 2.45) is 0 Å². The molecule has 2 aromatic carbocycles. The van der Waals surface area contributed by atoms with Crippen LogP contribution in [-0.2, 0) is 21.2 Å². The zero-order valence-electron chi connectivity index (χ0n) is 17.6. The van der Waals surface area contributed by atoms with E-state index in [2.05, 4.69) is 34.3 Å². The Hall–Kier alpha value is -3.04. The topological polar surface area (TPSA) is 94.0 Å². The molecule has 0 radical (unpaired) electrons. The molecule has 0 aliphatic rings. The molecule has 0 bridgehead atoms. The minimum absolute atomic E-state index is 0.130. The first kappa shape index (κ1) is 21.2. The smallest absolute Gasteiger partial charge is 0.246 e. The number of hydrogen-bond acceptors (Lipinski definition) is 6. The molecule has 0 saturated heterocycles. The Labute approximate surface area is 184 Å². The lowest BCUT2D eigenvalue weighted by molar-refractivity contribution is -0.116. The molecule has 0 aliphatic heterocycles. The average Bonchev–Trinajstić information content (AvgIpc) is 3.26. The monoisotopic (exact) mass is 454 g/mol. The number of sulfone groups is 1. The summed E-state index contributed by atoms with van der Waals surface area (Å²) < 4.78 is 25.8. The molecule has 0 unspecified atom stereocenters. The second-order valence-corrected chi connectivity index (χ2v) is 10.4. The molecule has 0 spiro atoms. The van der Waals surface area contributed by atoms with Crippen molar-refractivity contribution < 1.29 is 13.2 Å². The van der Waals surface area contributed by atoms with Crippen molar-refractivity contribution in [3.05, 3.63) is 58.5 Å². The number of aryl methyl sites for hydroxylation is 3. The number of amides is 1. The van der Waals surface area contributed by atoms with E-state index < -0.39 is 9.84 Å². The van der Waals surface area contributed by atoms with E-state index in [9.17, 15) is 13.2 Å². The minimum atomic E-state index is -3.60. The molecule has 0 saturated carbocycles. The number of para-hydroxylation sites is 2. The minimum Gasteiger partial charge on any atom is -0.305 e. The number of anilines is 1. The van der Waals surface area contributed by atoms with Crippen LogP contribution in [0.3, 0.4) is 0 Å². The Morgan fingerprint density at radius 3 is 2.45 bits per heavy atom. The summed E-state index contributed by atoms with van der Waals surface area (Å²) in [5.41, 5.74) is 6.42. The van der Waals surface area contributed by atoms with Crippen molar-refractivity contribution in [2.75, 3.05) is 11.6 Å². The zero-order valence-corrected chi connectivity index (χ0v) is 19.3. The number of rotatable bonds is 5. The van der Waals surface area contributed by atoms with Gasteiger partial charge in [0.2, 0.25) is 20.9 Å². The van der Waals surface area contributed by atoms with Gasteiger partial charge in [0, 0.05) is 17.2 Å². The number of imidazole rings is 1. The standard InChI is InChI=1S/C22H22N4O3S2/c1-13-9-14(2)20(15(3)10-13)17-12-30-21(23-17)25-19(27)11-26-18-8-6-5-7-16(18)24-22(26)31(4,28)29/h5-10,12H,11H2,1-4H3,(H,23,25,27). The highest BCUT2D eigenvalue weighted by molar-refractivity contribution is 7.90. The number of aromatic nitrogens is 3. The molecule has 1 amide bonds. The van der Waals surface area contributed by atoms with Crippen LogP contribution in [0.5, 0.6) is 0 Å². The van der Waals surface area contributed by atoms with E-state index in [-0.39, 0.29) is 17.6 Å². The van der Waals surface area contributed by atoms with Crippen molar-refractivity contribution in [1.82, 2.24) is 14.5 Å². The molecule has 0 aliphatic carbocycles. The van der Waals surface area contributed by atoms with E-state index in [1.807, 2.05) is 19.2 Å². The van der Waals surface area contributed by atoms with Gasteiger partial charge in [-0.25, -0.2) is 18.4 Å². The highest BCUT2D eigenvalue weighted by Crippen LogP contribution is 2.31. The summed E-state index contributed by atoms with van der Waals surface area (Å²) in [6.07, 6.45) is 1.09. The Bertz CT molecular complexity index is 1390. The fraction of sp³-hybridized carbons (Fsp3) is 0.227. The first-order chi connectivity index (χ1) is 14.6. The third-order valence-corrected chi connectivity index (χ3v) is 6.67. The van der Waals surface area contributed by atoms with Gasteiger partial charge in [0.15, 0.2) is 5.13 Å². The summed E-state index contributed by atoms with van der Waals surface area (Å²) in [6, 6.07) is 11.2. The first-order valence-electron chi connectivity index (χ1n) is 9.62. The van der Waals surface area contributed by atoms with E-state index in [4.69, 9.17) is 0 Å². The van der Waals surface area contributed by atoms with Crippen LogP contribution in [0.15, 0.2) is 46.9 Å². The van der Waals surface area contributed by atoms with Gasteiger partial charge in [-0.2, -0.15) is 0 Å². The fourth-order valence-corrected chi connectivity index (χ4v) is 5.37. The highest BCUT2D eigenvalue weighted by Gasteiger charge is 2.21. The highest BCUT2D eigenvalue weighted by atomic mass is 32.2. The molecule has 9 heteroatoms. The Balaban J connectivity index is 1.60. The van der Waals surface area contributed by atoms with Crippen LogP contribution < -0.4 is 5.32 Å². The summed E-state index contributed by atoms with van der Waals surface area (Å²) in [5, 5.41) is 5.03. The van der Waals surface area contributed by atoms with Crippen LogP contribution in [0, 0.1) is 20.8 Å². The molecule has 4 aromatic rings. The van der Waals surface area contributed by atoms with Gasteiger partial charge in [0.1, 0.15) is 6.54 Å². The van der Waals surface area contributed by atoms with E-state index in [0.29, 0.717) is 16.2 Å². The van der Waals surface area contributed by atoms with Crippen molar-refractivity contribution in [3.8, 4) is 11.3 Å². The van der Waals surface area contributed by atoms with Gasteiger partial charge in [-0.3, -0.25) is 4.79 Å². The predicted octanol–water partition coefficient (Wildman–Crippen LogP) is 4.13. The van der Waals surface area contributed by atoms with Gasteiger partial charge in [-0.1, -0.05) is 29.8 Å². The first-order valence-corrected chi connectivity index (χ1v) is 12.4. The van der Waals surface area contributed by atoms with Crippen LogP contribution >= 0.6 is 11.3 Å². The number of carbonyl (C=O) groups excluding carboxylic acids is 1. The molecule has 31 heavy (non-hydrogen) atoms. The molecule has 0 fully saturated rings. The average molecular weight is 455 g/mol. The summed E-state index contributed by atoms with van der Waals surface area (Å²) in [7, 11) is -3.60. The third-order valence-electron chi connectivity index (χ3n) is 4.94. The molecule has 160 valence electrons. The molecular formula is C22H22N4O3S2. The van der Waals surface area contributed by atoms with Crippen molar-refractivity contribution in [2.45, 2.75) is 32.5 Å². The summed E-state index contributed by atoms with van der Waals surface area (Å²) in [6.45, 7) is 5.97. The Morgan fingerprint density at radius 2 is 1.77 bits per heavy atom. The molecular weight excluding hydrogens is 432 g/mol. The lowest BCUT2D eigenvalue weighted by Crippen LogP contribution is -2.21. The number of carbonyl (C=O) groups is 1. The molecule has 4 rings (SSSR count). The van der Waals surface area contributed by atoms with Crippen LogP contribution in [0.2, 0.25) is 0 Å². The van der Waals surface area contributed by atoms with E-state index >= 15 is 0 Å². The van der Waals surface area contributed by atoms with Crippen molar-refractivity contribution in [3.63, 3.8) is 0 Å². The molecule has 2 heterocycles. The van der Waals surface area contributed by atoms with Gasteiger partial charge in [0.25, 0.3) is 0 Å². The number of fused-ring (bicyclic) bond motifs is 1. The van der Waals surface area contributed by atoms with E-state index in [0.717, 1.165) is 28.6 Å². The van der Waals surface area contributed by atoms with Crippen LogP contribution in [0.25, 0.3) is 22.3 Å². The summed E-state index contributed by atoms with van der Waals surface area (Å²) in [5.74, 6) is -0.369. The quantitative estimate of drug-likeness (QED) is 0.489. The second kappa shape index (κ2) is 7.90. The predicted molar refractivity (Wildman–Crippen MR) is 123 cm³/mol. The Morgan fingerprint density at radius 1 is 1.10 bits per heavy atom. The SMILES string of the molecule is Cc1cc(C)c(-c2csc(NC(=O)Cn3c(S(C)(=O)=O)nc4ccccc43)n2)c(C)c1. The van der Waals surface area contributed by atoms with Crippen LogP contribution in [-0.4, -0.2) is 35.1 Å². The summed E-state index contributed by atoms with van der Waals surface area (Å²) >= 11 is 1.33. The maximum Gasteiger partial charge on any atom is 0.246 e. The number of thiazole rings is 1. The van der Waals surface area contributed by atoms with Gasteiger partial charge < -0.3 is 9.88 Å². The van der Waals surface area contributed by atoms with Crippen molar-refractivity contribution >= 4 is 43.2 Å². The number of benzene rings is 2. The second-order valence-electron chi connectivity index (χ2n) is 7.60. The van der Waals surface area contributed by atoms with E-state index in [1.54, 1.807) is 24.3 Å². The lowest BCUT2D eigenvalue weighted by Gasteiger charge is -2.09. The van der Waals surface area contributed by atoms with Gasteiger partial charge in [-0.15, -0.1) is 11.3 Å². The Kier molecular flexibility index (Phi) is 5.40. The number of nitrogens with one attached hydrogen (secondary N) is 1. The lowest BCUT2D eigenvalue weighted by atomic mass is 9.98. The maximum atomic E-state index is 12.7. The molecule has 2 aromatic heterocycles. The molecule has 0 atom stereocenters. The molecule has 1 N–H and O–H groups in total. The van der Waals surface area contributed by atoms with E-state index in [1.165, 1.54) is 21.5 Å². The van der Waals surface area contributed by atoms with Gasteiger partial charge >= 0.3 is 0 Å². The zero-order chi connectivity index (χ0) is 22.3. The summed E-state index contributed by atoms with van der Waals surface area (Å²) in [4.78, 5) is 21.5.